The fourth-order valence-electron chi connectivity index (χ4n) is 3.13. The molecule has 1 saturated heterocycles. The largest absolute Gasteiger partial charge is 0.489 e. The second kappa shape index (κ2) is 9.60. The summed E-state index contributed by atoms with van der Waals surface area (Å²) in [5.74, 6) is 0.756. The van der Waals surface area contributed by atoms with Gasteiger partial charge in [0.05, 0.1) is 5.02 Å². The van der Waals surface area contributed by atoms with Crippen LogP contribution in [0.4, 0.5) is 5.13 Å². The minimum Gasteiger partial charge on any atom is -0.489 e. The van der Waals surface area contributed by atoms with Crippen molar-refractivity contribution in [1.29, 1.82) is 0 Å². The number of hydrogen-bond acceptors (Lipinski definition) is 7. The molecule has 1 aromatic carbocycles. The van der Waals surface area contributed by atoms with E-state index in [1.54, 1.807) is 17.5 Å². The molecule has 28 heavy (non-hydrogen) atoms. The molecule has 1 aliphatic rings. The number of thiazole rings is 1. The average Bonchev–Trinajstić information content (AvgIpc) is 3.24. The van der Waals surface area contributed by atoms with E-state index in [2.05, 4.69) is 25.7 Å². The van der Waals surface area contributed by atoms with Gasteiger partial charge in [-0.3, -0.25) is 9.88 Å². The van der Waals surface area contributed by atoms with Crippen molar-refractivity contribution in [3.05, 3.63) is 64.9 Å². The molecule has 0 atom stereocenters. The number of benzene rings is 1. The molecule has 0 amide bonds. The topological polar surface area (TPSA) is 50.3 Å². The summed E-state index contributed by atoms with van der Waals surface area (Å²) in [6.07, 6.45) is 7.73. The molecule has 0 radical (unpaired) electrons. The van der Waals surface area contributed by atoms with Crippen LogP contribution in [0.5, 0.6) is 5.75 Å². The van der Waals surface area contributed by atoms with Gasteiger partial charge in [-0.05, 0) is 54.6 Å². The van der Waals surface area contributed by atoms with E-state index in [1.165, 1.54) is 17.5 Å². The van der Waals surface area contributed by atoms with Crippen molar-refractivity contribution in [2.75, 3.05) is 17.8 Å². The molecular weight excluding hydrogens is 412 g/mol. The quantitative estimate of drug-likeness (QED) is 0.507. The zero-order chi connectivity index (χ0) is 19.2. The molecular formula is C20H21ClN4OS2. The van der Waals surface area contributed by atoms with Crippen molar-refractivity contribution >= 4 is 40.0 Å². The minimum absolute atomic E-state index is 0.203. The lowest BCUT2D eigenvalue weighted by Crippen LogP contribution is -2.37. The molecule has 1 fully saturated rings. The molecule has 0 bridgehead atoms. The number of aromatic nitrogens is 2. The van der Waals surface area contributed by atoms with E-state index in [4.69, 9.17) is 16.3 Å². The molecule has 1 aliphatic heterocycles. The standard InChI is InChI=1S/C20H21ClN4OS2/c21-18-12-17(28-24-20-23-8-11-27-20)3-4-19(18)26-16-5-9-25(10-6-16)14-15-2-1-7-22-13-15/h1-4,7-8,11-13,16H,5-6,9-10,14H2,(H,23,24). The number of nitrogens with one attached hydrogen (secondary N) is 1. The highest BCUT2D eigenvalue weighted by Crippen LogP contribution is 2.32. The number of piperidine rings is 1. The Bertz CT molecular complexity index is 871. The molecule has 0 spiro atoms. The Kier molecular flexibility index (Phi) is 6.69. The van der Waals surface area contributed by atoms with Crippen LogP contribution >= 0.6 is 34.9 Å². The first-order valence-electron chi connectivity index (χ1n) is 9.16. The Morgan fingerprint density at radius 3 is 2.86 bits per heavy atom. The number of hydrogen-bond donors (Lipinski definition) is 1. The summed E-state index contributed by atoms with van der Waals surface area (Å²) >= 11 is 9.51. The molecule has 0 saturated carbocycles. The van der Waals surface area contributed by atoms with Crippen molar-refractivity contribution in [1.82, 2.24) is 14.9 Å². The molecule has 2 aromatic heterocycles. The SMILES string of the molecule is Clc1cc(SNc2nccs2)ccc1OC1CCN(Cc2cccnc2)CC1. The summed E-state index contributed by atoms with van der Waals surface area (Å²) in [6, 6.07) is 10.0. The average molecular weight is 433 g/mol. The third kappa shape index (κ3) is 5.38. The van der Waals surface area contributed by atoms with Gasteiger partial charge in [0, 0.05) is 48.5 Å². The van der Waals surface area contributed by atoms with Crippen molar-refractivity contribution in [2.45, 2.75) is 30.4 Å². The predicted octanol–water partition coefficient (Wildman–Crippen LogP) is 5.35. The van der Waals surface area contributed by atoms with Gasteiger partial charge in [-0.2, -0.15) is 0 Å². The molecule has 4 rings (SSSR count). The first-order valence-corrected chi connectivity index (χ1v) is 11.2. The first-order chi connectivity index (χ1) is 13.8. The fraction of sp³-hybridized carbons (Fsp3) is 0.300. The van der Waals surface area contributed by atoms with Gasteiger partial charge in [-0.15, -0.1) is 11.3 Å². The molecule has 146 valence electrons. The number of ether oxygens (including phenoxy) is 1. The monoisotopic (exact) mass is 432 g/mol. The normalized spacial score (nSPS) is 15.5. The Morgan fingerprint density at radius 2 is 2.14 bits per heavy atom. The predicted molar refractivity (Wildman–Crippen MR) is 116 cm³/mol. The lowest BCUT2D eigenvalue weighted by molar-refractivity contribution is 0.0968. The zero-order valence-electron chi connectivity index (χ0n) is 15.3. The van der Waals surface area contributed by atoms with Gasteiger partial charge >= 0.3 is 0 Å². The first kappa shape index (κ1) is 19.5. The number of halogens is 1. The maximum Gasteiger partial charge on any atom is 0.192 e. The smallest absolute Gasteiger partial charge is 0.192 e. The Morgan fingerprint density at radius 1 is 1.25 bits per heavy atom. The van der Waals surface area contributed by atoms with Crippen molar-refractivity contribution in [3.63, 3.8) is 0 Å². The van der Waals surface area contributed by atoms with E-state index in [9.17, 15) is 0 Å². The Hall–Kier alpha value is -1.80. The van der Waals surface area contributed by atoms with Crippen LogP contribution in [-0.2, 0) is 6.54 Å². The fourth-order valence-corrected chi connectivity index (χ4v) is 4.68. The number of likely N-dealkylation sites (tertiary alicyclic amines) is 1. The van der Waals surface area contributed by atoms with Gasteiger partial charge in [0.25, 0.3) is 0 Å². The van der Waals surface area contributed by atoms with Crippen LogP contribution in [0.2, 0.25) is 5.02 Å². The molecule has 1 N–H and O–H groups in total. The van der Waals surface area contributed by atoms with E-state index in [-0.39, 0.29) is 6.10 Å². The lowest BCUT2D eigenvalue weighted by atomic mass is 10.1. The maximum absolute atomic E-state index is 6.45. The summed E-state index contributed by atoms with van der Waals surface area (Å²) < 4.78 is 9.39. The maximum atomic E-state index is 6.45. The van der Waals surface area contributed by atoms with Crippen LogP contribution < -0.4 is 9.46 Å². The third-order valence-corrected chi connectivity index (χ3v) is 6.45. The minimum atomic E-state index is 0.203. The number of nitrogens with zero attached hydrogens (tertiary/aromatic N) is 3. The van der Waals surface area contributed by atoms with E-state index >= 15 is 0 Å². The van der Waals surface area contributed by atoms with E-state index < -0.39 is 0 Å². The van der Waals surface area contributed by atoms with Gasteiger partial charge in [0.15, 0.2) is 5.13 Å². The summed E-state index contributed by atoms with van der Waals surface area (Å²) in [7, 11) is 0. The van der Waals surface area contributed by atoms with Crippen molar-refractivity contribution < 1.29 is 4.74 Å². The second-order valence-corrected chi connectivity index (χ2v) is 8.77. The van der Waals surface area contributed by atoms with E-state index in [0.29, 0.717) is 5.02 Å². The second-order valence-electron chi connectivity index (χ2n) is 6.59. The number of pyridine rings is 1. The molecule has 0 aliphatic carbocycles. The van der Waals surface area contributed by atoms with Gasteiger partial charge in [-0.25, -0.2) is 4.98 Å². The Labute approximate surface area is 178 Å². The highest BCUT2D eigenvalue weighted by atomic mass is 35.5. The Balaban J connectivity index is 1.26. The van der Waals surface area contributed by atoms with Gasteiger partial charge in [0.2, 0.25) is 0 Å². The van der Waals surface area contributed by atoms with E-state index in [1.807, 2.05) is 42.0 Å². The summed E-state index contributed by atoms with van der Waals surface area (Å²) in [5, 5.41) is 3.46. The third-order valence-electron chi connectivity index (χ3n) is 4.55. The van der Waals surface area contributed by atoms with Gasteiger partial charge in [-0.1, -0.05) is 17.7 Å². The van der Waals surface area contributed by atoms with Crippen molar-refractivity contribution in [2.24, 2.45) is 0 Å². The van der Waals surface area contributed by atoms with Crippen LogP contribution in [0.3, 0.4) is 0 Å². The van der Waals surface area contributed by atoms with Crippen LogP contribution in [-0.4, -0.2) is 34.1 Å². The summed E-state index contributed by atoms with van der Waals surface area (Å²) in [4.78, 5) is 11.9. The number of anilines is 1. The van der Waals surface area contributed by atoms with Crippen LogP contribution in [0, 0.1) is 0 Å². The molecule has 3 heterocycles. The molecule has 0 unspecified atom stereocenters. The molecule has 3 aromatic rings. The van der Waals surface area contributed by atoms with Gasteiger partial charge in [0.1, 0.15) is 11.9 Å². The molecule has 8 heteroatoms. The highest BCUT2D eigenvalue weighted by molar-refractivity contribution is 8.00. The summed E-state index contributed by atoms with van der Waals surface area (Å²) in [5.41, 5.74) is 1.25. The van der Waals surface area contributed by atoms with Gasteiger partial charge < -0.3 is 9.46 Å². The lowest BCUT2D eigenvalue weighted by Gasteiger charge is -2.32. The number of rotatable bonds is 7. The van der Waals surface area contributed by atoms with E-state index in [0.717, 1.165) is 48.3 Å². The van der Waals surface area contributed by atoms with Crippen LogP contribution in [0.15, 0.2) is 59.2 Å². The zero-order valence-corrected chi connectivity index (χ0v) is 17.6. The molecule has 5 nitrogen and oxygen atoms in total. The van der Waals surface area contributed by atoms with Crippen LogP contribution in [0.1, 0.15) is 18.4 Å². The van der Waals surface area contributed by atoms with Crippen LogP contribution in [0.25, 0.3) is 0 Å². The summed E-state index contributed by atoms with van der Waals surface area (Å²) in [6.45, 7) is 2.98. The van der Waals surface area contributed by atoms with Crippen molar-refractivity contribution in [3.8, 4) is 5.75 Å². The highest BCUT2D eigenvalue weighted by Gasteiger charge is 2.21.